The molecule has 2 aromatic carbocycles. The number of amides is 1. The molecule has 2 bridgehead atoms. The van der Waals surface area contributed by atoms with Crippen molar-refractivity contribution < 1.29 is 9.90 Å². The molecule has 1 saturated heterocycles. The van der Waals surface area contributed by atoms with Crippen LogP contribution in [0.2, 0.25) is 0 Å². The largest absolute Gasteiger partial charge is 0.508 e. The van der Waals surface area contributed by atoms with E-state index in [1.165, 1.54) is 56.3 Å². The molecule has 34 heavy (non-hydrogen) atoms. The second-order valence-corrected chi connectivity index (χ2v) is 12.5. The number of hydrogen-bond acceptors (Lipinski definition) is 3. The van der Waals surface area contributed by atoms with Crippen LogP contribution in [0, 0.1) is 22.7 Å². The molecule has 4 nitrogen and oxygen atoms in total. The van der Waals surface area contributed by atoms with Crippen LogP contribution < -0.4 is 0 Å². The summed E-state index contributed by atoms with van der Waals surface area (Å²) in [5, 5.41) is 10.5. The molecular weight excluding hydrogens is 420 g/mol. The van der Waals surface area contributed by atoms with E-state index in [2.05, 4.69) is 21.9 Å². The van der Waals surface area contributed by atoms with Crippen molar-refractivity contribution in [3.05, 3.63) is 65.2 Å². The number of nitrogens with zero attached hydrogens (tertiary/aromatic N) is 2. The van der Waals surface area contributed by atoms with Crippen LogP contribution in [0.1, 0.15) is 60.0 Å². The summed E-state index contributed by atoms with van der Waals surface area (Å²) < 4.78 is 0. The topological polar surface area (TPSA) is 43.8 Å². The molecule has 1 aliphatic heterocycles. The fourth-order valence-electron chi connectivity index (χ4n) is 10.2. The standard InChI is InChI=1S/C30H34N2O2/c1-31(27(34)20-5-3-2-4-6-20)25-16-29-24-13-23(33)11-9-21(24)14-28(29)18-32(17-19-7-8-19)26-12-10-22(25)15-30(26,28)29/h2-6,9,11,13,19,22,25-26,33H,7-8,10,12,14-18H2,1H3/t22?,25-,26?,28?,29?,30?/m0/s1. The van der Waals surface area contributed by atoms with E-state index in [0.29, 0.717) is 28.5 Å². The van der Waals surface area contributed by atoms with E-state index in [9.17, 15) is 9.90 Å². The number of phenolic OH excluding ortho intramolecular Hbond substituents is 1. The highest BCUT2D eigenvalue weighted by Gasteiger charge is 2.95. The number of hydrogen-bond donors (Lipinski definition) is 1. The van der Waals surface area contributed by atoms with E-state index >= 15 is 0 Å². The second kappa shape index (κ2) is 6.26. The zero-order chi connectivity index (χ0) is 22.9. The molecule has 2 aromatic rings. The van der Waals surface area contributed by atoms with Crippen molar-refractivity contribution in [1.29, 1.82) is 0 Å². The second-order valence-electron chi connectivity index (χ2n) is 12.5. The van der Waals surface area contributed by atoms with E-state index in [0.717, 1.165) is 24.3 Å². The number of aromatic hydroxyl groups is 1. The maximum absolute atomic E-state index is 13.5. The lowest BCUT2D eigenvalue weighted by Gasteiger charge is -2.52. The molecular formula is C30H34N2O2. The van der Waals surface area contributed by atoms with Gasteiger partial charge in [0.15, 0.2) is 0 Å². The van der Waals surface area contributed by atoms with Crippen LogP contribution in [0.3, 0.4) is 0 Å². The Bertz CT molecular complexity index is 1210. The van der Waals surface area contributed by atoms with Crippen LogP contribution in [0.4, 0.5) is 0 Å². The van der Waals surface area contributed by atoms with Gasteiger partial charge in [0, 0.05) is 54.0 Å². The van der Waals surface area contributed by atoms with Gasteiger partial charge in [-0.2, -0.15) is 0 Å². The van der Waals surface area contributed by atoms with Gasteiger partial charge in [-0.05, 0) is 92.2 Å². The number of carbonyl (C=O) groups excluding carboxylic acids is 1. The Morgan fingerprint density at radius 1 is 1.09 bits per heavy atom. The van der Waals surface area contributed by atoms with E-state index < -0.39 is 0 Å². The Labute approximate surface area is 201 Å². The first-order valence-corrected chi connectivity index (χ1v) is 13.4. The summed E-state index contributed by atoms with van der Waals surface area (Å²) in [7, 11) is 2.04. The van der Waals surface area contributed by atoms with Gasteiger partial charge in [-0.1, -0.05) is 24.3 Å². The zero-order valence-corrected chi connectivity index (χ0v) is 20.0. The molecule has 1 N–H and O–H groups in total. The van der Waals surface area contributed by atoms with Crippen LogP contribution in [0.15, 0.2) is 48.5 Å². The van der Waals surface area contributed by atoms with Crippen LogP contribution in [-0.2, 0) is 11.8 Å². The third-order valence-corrected chi connectivity index (χ3v) is 11.4. The predicted octanol–water partition coefficient (Wildman–Crippen LogP) is 4.61. The Hall–Kier alpha value is -2.33. The average Bonchev–Trinajstić information content (AvgIpc) is 3.69. The van der Waals surface area contributed by atoms with Gasteiger partial charge >= 0.3 is 0 Å². The summed E-state index contributed by atoms with van der Waals surface area (Å²) in [6, 6.07) is 16.9. The highest BCUT2D eigenvalue weighted by molar-refractivity contribution is 5.94. The van der Waals surface area contributed by atoms with Gasteiger partial charge in [-0.3, -0.25) is 9.69 Å². The van der Waals surface area contributed by atoms with Crippen molar-refractivity contribution in [3.63, 3.8) is 0 Å². The minimum absolute atomic E-state index is 0.131. The van der Waals surface area contributed by atoms with Crippen molar-refractivity contribution in [2.45, 2.75) is 62.4 Å². The average molecular weight is 455 g/mol. The minimum atomic E-state index is 0.131. The lowest BCUT2D eigenvalue weighted by atomic mass is 9.59. The third-order valence-electron chi connectivity index (χ3n) is 11.4. The highest BCUT2D eigenvalue weighted by atomic mass is 16.3. The number of carbonyl (C=O) groups is 1. The summed E-state index contributed by atoms with van der Waals surface area (Å²) in [6.07, 6.45) is 8.83. The van der Waals surface area contributed by atoms with E-state index in [-0.39, 0.29) is 17.4 Å². The van der Waals surface area contributed by atoms with Crippen LogP contribution in [-0.4, -0.2) is 53.0 Å². The minimum Gasteiger partial charge on any atom is -0.508 e. The lowest BCUT2D eigenvalue weighted by molar-refractivity contribution is 0.00211. The molecule has 0 radical (unpaired) electrons. The van der Waals surface area contributed by atoms with E-state index in [4.69, 9.17) is 0 Å². The molecule has 1 heterocycles. The maximum atomic E-state index is 13.5. The number of phenols is 1. The van der Waals surface area contributed by atoms with Crippen molar-refractivity contribution in [2.24, 2.45) is 22.7 Å². The molecule has 0 aromatic heterocycles. The van der Waals surface area contributed by atoms with Crippen LogP contribution in [0.25, 0.3) is 0 Å². The molecule has 5 unspecified atom stereocenters. The van der Waals surface area contributed by atoms with Gasteiger partial charge in [0.25, 0.3) is 5.91 Å². The lowest BCUT2D eigenvalue weighted by Crippen LogP contribution is -2.56. The molecule has 8 rings (SSSR count). The molecule has 176 valence electrons. The van der Waals surface area contributed by atoms with Gasteiger partial charge in [-0.25, -0.2) is 0 Å². The first-order valence-electron chi connectivity index (χ1n) is 13.4. The maximum Gasteiger partial charge on any atom is 0.253 e. The van der Waals surface area contributed by atoms with Gasteiger partial charge in [0.1, 0.15) is 5.75 Å². The van der Waals surface area contributed by atoms with Gasteiger partial charge in [-0.15, -0.1) is 0 Å². The Morgan fingerprint density at radius 2 is 1.91 bits per heavy atom. The number of rotatable bonds is 4. The Balaban J connectivity index is 1.22. The summed E-state index contributed by atoms with van der Waals surface area (Å²) in [5.41, 5.74) is 4.46. The first kappa shape index (κ1) is 19.9. The fraction of sp³-hybridized carbons (Fsp3) is 0.567. The van der Waals surface area contributed by atoms with Crippen LogP contribution >= 0.6 is 0 Å². The van der Waals surface area contributed by atoms with Gasteiger partial charge < -0.3 is 10.0 Å². The molecule has 6 atom stereocenters. The summed E-state index contributed by atoms with van der Waals surface area (Å²) in [4.78, 5) is 18.5. The predicted molar refractivity (Wildman–Crippen MR) is 131 cm³/mol. The molecule has 5 aliphatic carbocycles. The summed E-state index contributed by atoms with van der Waals surface area (Å²) in [6.45, 7) is 2.52. The van der Waals surface area contributed by atoms with Crippen LogP contribution in [0.5, 0.6) is 5.75 Å². The van der Waals surface area contributed by atoms with Crippen molar-refractivity contribution in [1.82, 2.24) is 9.80 Å². The number of likely N-dealkylation sites (tertiary alicyclic amines) is 1. The Morgan fingerprint density at radius 3 is 2.71 bits per heavy atom. The van der Waals surface area contributed by atoms with Crippen molar-refractivity contribution >= 4 is 5.91 Å². The normalized spacial score (nSPS) is 40.9. The molecule has 6 aliphatic rings. The monoisotopic (exact) mass is 454 g/mol. The third kappa shape index (κ3) is 2.10. The summed E-state index contributed by atoms with van der Waals surface area (Å²) >= 11 is 0. The van der Waals surface area contributed by atoms with Crippen molar-refractivity contribution in [2.75, 3.05) is 20.1 Å². The SMILES string of the molecule is CN(C(=O)c1ccccc1)[C@H]1CC23c4cc(O)ccc4CC24CN(CC2CC2)C2CCC1CC243. The molecule has 1 amide bonds. The van der Waals surface area contributed by atoms with Crippen molar-refractivity contribution in [3.8, 4) is 5.75 Å². The number of benzene rings is 2. The molecule has 3 spiro atoms. The van der Waals surface area contributed by atoms with E-state index in [1.54, 1.807) is 0 Å². The quantitative estimate of drug-likeness (QED) is 0.734. The number of piperidine rings is 1. The highest BCUT2D eigenvalue weighted by Crippen LogP contribution is 2.93. The Kier molecular flexibility index (Phi) is 3.67. The van der Waals surface area contributed by atoms with Gasteiger partial charge in [0.2, 0.25) is 0 Å². The zero-order valence-electron chi connectivity index (χ0n) is 20.0. The van der Waals surface area contributed by atoms with E-state index in [1.807, 2.05) is 43.4 Å². The van der Waals surface area contributed by atoms with Gasteiger partial charge in [0.05, 0.1) is 0 Å². The summed E-state index contributed by atoms with van der Waals surface area (Å²) in [5.74, 6) is 2.07. The molecule has 5 fully saturated rings. The first-order chi connectivity index (χ1) is 16.5. The number of fused-ring (bicyclic) bond motifs is 2. The smallest absolute Gasteiger partial charge is 0.253 e. The molecule has 4 saturated carbocycles. The fourth-order valence-corrected chi connectivity index (χ4v) is 10.2. The molecule has 4 heteroatoms.